The molecule has 14 heavy (non-hydrogen) atoms. The third-order valence-corrected chi connectivity index (χ3v) is 2.13. The molecule has 1 aromatic rings. The lowest BCUT2D eigenvalue weighted by Crippen LogP contribution is -1.91. The van der Waals surface area contributed by atoms with Gasteiger partial charge in [0.2, 0.25) is 0 Å². The minimum Gasteiger partial charge on any atom is -0.478 e. The van der Waals surface area contributed by atoms with Crippen LogP contribution in [0, 0.1) is 20.8 Å². The van der Waals surface area contributed by atoms with Crippen LogP contribution in [-0.4, -0.2) is 11.1 Å². The van der Waals surface area contributed by atoms with E-state index in [-0.39, 0.29) is 0 Å². The molecule has 0 atom stereocenters. The molecule has 74 valence electrons. The molecule has 0 radical (unpaired) electrons. The van der Waals surface area contributed by atoms with E-state index in [0.29, 0.717) is 0 Å². The van der Waals surface area contributed by atoms with Crippen LogP contribution in [0.3, 0.4) is 0 Å². The lowest BCUT2D eigenvalue weighted by atomic mass is 9.99. The molecular formula is C12H14O2. The maximum absolute atomic E-state index is 10.4. The Hall–Kier alpha value is -1.57. The zero-order valence-corrected chi connectivity index (χ0v) is 8.66. The highest BCUT2D eigenvalue weighted by atomic mass is 16.4. The van der Waals surface area contributed by atoms with Crippen molar-refractivity contribution in [3.05, 3.63) is 40.5 Å². The summed E-state index contributed by atoms with van der Waals surface area (Å²) in [5.41, 5.74) is 4.42. The minimum absolute atomic E-state index is 0.913. The standard InChI is InChI=1S/C12H14O2/c1-8-6-9(2)11(10(3)7-8)4-5-12(13)14/h4-7H,1-3H3,(H,13,14)/b5-4-. The van der Waals surface area contributed by atoms with E-state index in [1.165, 1.54) is 11.6 Å². The Morgan fingerprint density at radius 1 is 1.21 bits per heavy atom. The average Bonchev–Trinajstić information content (AvgIpc) is 2.01. The number of hydrogen-bond acceptors (Lipinski definition) is 1. The molecule has 0 spiro atoms. The summed E-state index contributed by atoms with van der Waals surface area (Å²) in [7, 11) is 0. The fourth-order valence-electron chi connectivity index (χ4n) is 1.61. The van der Waals surface area contributed by atoms with Crippen LogP contribution in [0.1, 0.15) is 22.3 Å². The predicted molar refractivity (Wildman–Crippen MR) is 57.3 cm³/mol. The molecule has 0 saturated carbocycles. The molecule has 0 fully saturated rings. The second-order valence-corrected chi connectivity index (χ2v) is 3.48. The molecule has 2 heteroatoms. The third-order valence-electron chi connectivity index (χ3n) is 2.13. The first-order chi connectivity index (χ1) is 6.50. The van der Waals surface area contributed by atoms with Crippen LogP contribution in [0.15, 0.2) is 18.2 Å². The van der Waals surface area contributed by atoms with Crippen LogP contribution in [0.25, 0.3) is 6.08 Å². The summed E-state index contributed by atoms with van der Waals surface area (Å²) >= 11 is 0. The molecule has 2 nitrogen and oxygen atoms in total. The summed E-state index contributed by atoms with van der Waals surface area (Å²) in [6, 6.07) is 4.10. The average molecular weight is 190 g/mol. The molecule has 0 aliphatic rings. The number of aliphatic carboxylic acids is 1. The molecule has 1 aromatic carbocycles. The van der Waals surface area contributed by atoms with Crippen molar-refractivity contribution in [1.29, 1.82) is 0 Å². The summed E-state index contributed by atoms with van der Waals surface area (Å²) in [4.78, 5) is 10.4. The quantitative estimate of drug-likeness (QED) is 0.728. The van der Waals surface area contributed by atoms with Crippen molar-refractivity contribution in [2.45, 2.75) is 20.8 Å². The Bertz CT molecular complexity index is 366. The molecule has 0 unspecified atom stereocenters. The number of carboxylic acids is 1. The number of hydrogen-bond donors (Lipinski definition) is 1. The maximum atomic E-state index is 10.4. The Kier molecular flexibility index (Phi) is 3.07. The lowest BCUT2D eigenvalue weighted by molar-refractivity contribution is -0.131. The number of aryl methyl sites for hydroxylation is 3. The molecule has 0 amide bonds. The zero-order valence-electron chi connectivity index (χ0n) is 8.66. The second kappa shape index (κ2) is 4.09. The third kappa shape index (κ3) is 2.46. The van der Waals surface area contributed by atoms with Crippen LogP contribution in [0.4, 0.5) is 0 Å². The van der Waals surface area contributed by atoms with Crippen molar-refractivity contribution in [1.82, 2.24) is 0 Å². The van der Waals surface area contributed by atoms with Gasteiger partial charge in [-0.2, -0.15) is 0 Å². The van der Waals surface area contributed by atoms with Gasteiger partial charge in [0, 0.05) is 6.08 Å². The van der Waals surface area contributed by atoms with Gasteiger partial charge in [-0.1, -0.05) is 17.7 Å². The van der Waals surface area contributed by atoms with E-state index in [1.54, 1.807) is 6.08 Å². The Morgan fingerprint density at radius 2 is 1.71 bits per heavy atom. The predicted octanol–water partition coefficient (Wildman–Crippen LogP) is 2.71. The van der Waals surface area contributed by atoms with Crippen molar-refractivity contribution in [3.63, 3.8) is 0 Å². The first kappa shape index (κ1) is 10.5. The number of benzene rings is 1. The fraction of sp³-hybridized carbons (Fsp3) is 0.250. The van der Waals surface area contributed by atoms with Crippen LogP contribution in [0.5, 0.6) is 0 Å². The molecule has 0 heterocycles. The highest BCUT2D eigenvalue weighted by Gasteiger charge is 2.00. The van der Waals surface area contributed by atoms with Gasteiger partial charge in [0.25, 0.3) is 0 Å². The second-order valence-electron chi connectivity index (χ2n) is 3.48. The number of carboxylic acid groups (broad SMARTS) is 1. The first-order valence-electron chi connectivity index (χ1n) is 4.49. The molecule has 0 aromatic heterocycles. The Labute approximate surface area is 83.9 Å². The van der Waals surface area contributed by atoms with Crippen molar-refractivity contribution >= 4 is 12.0 Å². The summed E-state index contributed by atoms with van der Waals surface area (Å²) in [6.07, 6.45) is 2.82. The zero-order chi connectivity index (χ0) is 10.7. The molecule has 0 saturated heterocycles. The number of rotatable bonds is 2. The van der Waals surface area contributed by atoms with Crippen LogP contribution < -0.4 is 0 Å². The van der Waals surface area contributed by atoms with Crippen molar-refractivity contribution in [3.8, 4) is 0 Å². The van der Waals surface area contributed by atoms with E-state index >= 15 is 0 Å². The largest absolute Gasteiger partial charge is 0.478 e. The smallest absolute Gasteiger partial charge is 0.328 e. The van der Waals surface area contributed by atoms with Crippen LogP contribution in [0.2, 0.25) is 0 Å². The fourth-order valence-corrected chi connectivity index (χ4v) is 1.61. The van der Waals surface area contributed by atoms with E-state index in [4.69, 9.17) is 5.11 Å². The molecule has 0 aliphatic heterocycles. The van der Waals surface area contributed by atoms with Crippen LogP contribution >= 0.6 is 0 Å². The number of carbonyl (C=O) groups is 1. The van der Waals surface area contributed by atoms with Gasteiger partial charge >= 0.3 is 5.97 Å². The highest BCUT2D eigenvalue weighted by Crippen LogP contribution is 2.17. The van der Waals surface area contributed by atoms with Gasteiger partial charge in [-0.25, -0.2) is 4.79 Å². The van der Waals surface area contributed by atoms with Gasteiger partial charge in [-0.05, 0) is 43.5 Å². The summed E-state index contributed by atoms with van der Waals surface area (Å²) < 4.78 is 0. The Morgan fingerprint density at radius 3 is 2.14 bits per heavy atom. The summed E-state index contributed by atoms with van der Waals surface area (Å²) in [5, 5.41) is 8.52. The SMILES string of the molecule is Cc1cc(C)c(/C=C\C(=O)O)c(C)c1. The normalized spacial score (nSPS) is 10.8. The molecule has 1 rings (SSSR count). The van der Waals surface area contributed by atoms with Gasteiger partial charge in [-0.3, -0.25) is 0 Å². The topological polar surface area (TPSA) is 37.3 Å². The van der Waals surface area contributed by atoms with E-state index < -0.39 is 5.97 Å². The maximum Gasteiger partial charge on any atom is 0.328 e. The van der Waals surface area contributed by atoms with Gasteiger partial charge in [0.15, 0.2) is 0 Å². The van der Waals surface area contributed by atoms with E-state index in [0.717, 1.165) is 16.7 Å². The van der Waals surface area contributed by atoms with Crippen molar-refractivity contribution in [2.24, 2.45) is 0 Å². The monoisotopic (exact) mass is 190 g/mol. The Balaban J connectivity index is 3.15. The lowest BCUT2D eigenvalue weighted by Gasteiger charge is -2.06. The molecule has 1 N–H and O–H groups in total. The molecule has 0 bridgehead atoms. The minimum atomic E-state index is -0.913. The summed E-state index contributed by atoms with van der Waals surface area (Å²) in [6.45, 7) is 6.01. The van der Waals surface area contributed by atoms with E-state index in [2.05, 4.69) is 12.1 Å². The first-order valence-corrected chi connectivity index (χ1v) is 4.49. The van der Waals surface area contributed by atoms with Gasteiger partial charge < -0.3 is 5.11 Å². The van der Waals surface area contributed by atoms with Gasteiger partial charge in [0.05, 0.1) is 0 Å². The highest BCUT2D eigenvalue weighted by molar-refractivity contribution is 5.85. The van der Waals surface area contributed by atoms with Crippen molar-refractivity contribution < 1.29 is 9.90 Å². The molecular weight excluding hydrogens is 176 g/mol. The van der Waals surface area contributed by atoms with Gasteiger partial charge in [0.1, 0.15) is 0 Å². The molecule has 0 aliphatic carbocycles. The summed E-state index contributed by atoms with van der Waals surface area (Å²) in [5.74, 6) is -0.913. The van der Waals surface area contributed by atoms with Crippen LogP contribution in [-0.2, 0) is 4.79 Å². The van der Waals surface area contributed by atoms with Gasteiger partial charge in [-0.15, -0.1) is 0 Å². The van der Waals surface area contributed by atoms with E-state index in [9.17, 15) is 4.79 Å². The van der Waals surface area contributed by atoms with E-state index in [1.807, 2.05) is 20.8 Å². The van der Waals surface area contributed by atoms with Crippen molar-refractivity contribution in [2.75, 3.05) is 0 Å².